The Morgan fingerprint density at radius 1 is 0.774 bits per heavy atom. The summed E-state index contributed by atoms with van der Waals surface area (Å²) in [7, 11) is 0. The fraction of sp³-hybridized carbons (Fsp3) is 0.375. The molecule has 164 valence electrons. The van der Waals surface area contributed by atoms with Crippen LogP contribution in [0.25, 0.3) is 0 Å². The quantitative estimate of drug-likeness (QED) is 0.531. The van der Waals surface area contributed by atoms with Crippen LogP contribution in [0.1, 0.15) is 59.1 Å². The molecule has 0 aromatic heterocycles. The van der Waals surface area contributed by atoms with Gasteiger partial charge in [0.1, 0.15) is 28.6 Å². The van der Waals surface area contributed by atoms with Gasteiger partial charge < -0.3 is 18.9 Å². The Morgan fingerprint density at radius 2 is 1.29 bits per heavy atom. The van der Waals surface area contributed by atoms with Crippen LogP contribution in [-0.2, 0) is 19.8 Å². The maximum Gasteiger partial charge on any atom is 0.308 e. The second kappa shape index (κ2) is 8.06. The number of rotatable bonds is 4. The molecule has 0 N–H and O–H groups in total. The molecule has 1 aliphatic heterocycles. The van der Waals surface area contributed by atoms with Gasteiger partial charge >= 0.3 is 17.9 Å². The largest absolute Gasteiger partial charge is 0.487 e. The van der Waals surface area contributed by atoms with E-state index in [0.29, 0.717) is 23.7 Å². The average molecular weight is 426 g/mol. The van der Waals surface area contributed by atoms with Crippen molar-refractivity contribution in [3.63, 3.8) is 0 Å². The van der Waals surface area contributed by atoms with Crippen LogP contribution >= 0.6 is 0 Å². The summed E-state index contributed by atoms with van der Waals surface area (Å²) in [6, 6.07) is 10.2. The molecule has 0 aliphatic carbocycles. The standard InChI is InChI=1S/C24H26O7/c1-14(25)28-17-7-9-19(21(11-17)30-16(3)27)24(6)13-23(4,5)31-22-12-18(29-15(2)26)8-10-20(22)24/h7-12H,13H2,1-6H3/t24-/m1/s1. The van der Waals surface area contributed by atoms with Gasteiger partial charge in [-0.05, 0) is 26.0 Å². The molecule has 0 spiro atoms. The maximum absolute atomic E-state index is 11.8. The number of hydrogen-bond acceptors (Lipinski definition) is 7. The zero-order valence-electron chi connectivity index (χ0n) is 18.5. The van der Waals surface area contributed by atoms with E-state index in [0.717, 1.165) is 11.1 Å². The van der Waals surface area contributed by atoms with Crippen molar-refractivity contribution in [3.05, 3.63) is 47.5 Å². The number of hydrogen-bond donors (Lipinski definition) is 0. The summed E-state index contributed by atoms with van der Waals surface area (Å²) in [5, 5.41) is 0. The minimum Gasteiger partial charge on any atom is -0.487 e. The van der Waals surface area contributed by atoms with Crippen molar-refractivity contribution in [3.8, 4) is 23.0 Å². The monoisotopic (exact) mass is 426 g/mol. The van der Waals surface area contributed by atoms with Gasteiger partial charge in [0.25, 0.3) is 0 Å². The summed E-state index contributed by atoms with van der Waals surface area (Å²) < 4.78 is 22.1. The zero-order chi connectivity index (χ0) is 23.0. The van der Waals surface area contributed by atoms with E-state index in [9.17, 15) is 14.4 Å². The van der Waals surface area contributed by atoms with Crippen molar-refractivity contribution in [1.82, 2.24) is 0 Å². The van der Waals surface area contributed by atoms with Crippen molar-refractivity contribution < 1.29 is 33.3 Å². The average Bonchev–Trinajstić information content (AvgIpc) is 2.58. The van der Waals surface area contributed by atoms with Gasteiger partial charge in [-0.2, -0.15) is 0 Å². The van der Waals surface area contributed by atoms with Crippen LogP contribution < -0.4 is 18.9 Å². The molecular formula is C24H26O7. The number of benzene rings is 2. The molecular weight excluding hydrogens is 400 g/mol. The van der Waals surface area contributed by atoms with E-state index >= 15 is 0 Å². The molecule has 0 amide bonds. The normalized spacial score (nSPS) is 18.9. The first-order valence-electron chi connectivity index (χ1n) is 9.93. The van der Waals surface area contributed by atoms with Crippen molar-refractivity contribution in [2.75, 3.05) is 0 Å². The van der Waals surface area contributed by atoms with Crippen LogP contribution in [-0.4, -0.2) is 23.5 Å². The van der Waals surface area contributed by atoms with E-state index in [1.807, 2.05) is 26.8 Å². The van der Waals surface area contributed by atoms with Gasteiger partial charge in [0, 0.05) is 55.9 Å². The van der Waals surface area contributed by atoms with Gasteiger partial charge in [0.15, 0.2) is 0 Å². The van der Waals surface area contributed by atoms with Crippen molar-refractivity contribution >= 4 is 17.9 Å². The first-order chi connectivity index (χ1) is 14.4. The van der Waals surface area contributed by atoms with Gasteiger partial charge in [-0.3, -0.25) is 14.4 Å². The molecule has 3 rings (SSSR count). The molecule has 0 radical (unpaired) electrons. The SMILES string of the molecule is CC(=O)Oc1ccc([C@@]2(C)CC(C)(C)Oc3cc(OC(C)=O)ccc32)c(OC(C)=O)c1. The van der Waals surface area contributed by atoms with E-state index in [1.165, 1.54) is 20.8 Å². The molecule has 0 saturated heterocycles. The highest BCUT2D eigenvalue weighted by atomic mass is 16.5. The second-order valence-corrected chi connectivity index (χ2v) is 8.47. The topological polar surface area (TPSA) is 88.1 Å². The second-order valence-electron chi connectivity index (χ2n) is 8.47. The Labute approximate surface area is 181 Å². The van der Waals surface area contributed by atoms with Crippen LogP contribution in [0.15, 0.2) is 36.4 Å². The van der Waals surface area contributed by atoms with Crippen LogP contribution in [0.2, 0.25) is 0 Å². The summed E-state index contributed by atoms with van der Waals surface area (Å²) in [6.45, 7) is 9.92. The Morgan fingerprint density at radius 3 is 1.84 bits per heavy atom. The molecule has 1 atom stereocenters. The van der Waals surface area contributed by atoms with Crippen molar-refractivity contribution in [2.45, 2.75) is 59.0 Å². The predicted octanol–water partition coefficient (Wildman–Crippen LogP) is 4.33. The molecule has 0 saturated carbocycles. The van der Waals surface area contributed by atoms with Gasteiger partial charge in [0.05, 0.1) is 0 Å². The fourth-order valence-corrected chi connectivity index (χ4v) is 4.22. The zero-order valence-corrected chi connectivity index (χ0v) is 18.5. The Bertz CT molecular complexity index is 1050. The first-order valence-corrected chi connectivity index (χ1v) is 9.93. The summed E-state index contributed by atoms with van der Waals surface area (Å²) in [5.41, 5.74) is 0.442. The van der Waals surface area contributed by atoms with E-state index in [2.05, 4.69) is 0 Å². The number of carbonyl (C=O) groups excluding carboxylic acids is 3. The lowest BCUT2D eigenvalue weighted by molar-refractivity contribution is -0.133. The molecule has 2 aromatic rings. The minimum absolute atomic E-state index is 0.285. The lowest BCUT2D eigenvalue weighted by atomic mass is 9.67. The Hall–Kier alpha value is -3.35. The Balaban J connectivity index is 2.18. The number of ether oxygens (including phenoxy) is 4. The van der Waals surface area contributed by atoms with Crippen LogP contribution in [0.3, 0.4) is 0 Å². The van der Waals surface area contributed by atoms with Crippen LogP contribution in [0.4, 0.5) is 0 Å². The third-order valence-corrected chi connectivity index (χ3v) is 5.04. The maximum atomic E-state index is 11.8. The van der Waals surface area contributed by atoms with Gasteiger partial charge in [-0.25, -0.2) is 0 Å². The highest BCUT2D eigenvalue weighted by Crippen LogP contribution is 2.52. The molecule has 31 heavy (non-hydrogen) atoms. The summed E-state index contributed by atoms with van der Waals surface area (Å²) in [5.74, 6) is 0.183. The number of carbonyl (C=O) groups is 3. The fourth-order valence-electron chi connectivity index (χ4n) is 4.22. The number of esters is 3. The summed E-state index contributed by atoms with van der Waals surface area (Å²) in [6.07, 6.45) is 0.584. The highest BCUT2D eigenvalue weighted by Gasteiger charge is 2.45. The predicted molar refractivity (Wildman–Crippen MR) is 113 cm³/mol. The third-order valence-electron chi connectivity index (χ3n) is 5.04. The smallest absolute Gasteiger partial charge is 0.308 e. The molecule has 7 heteroatoms. The first kappa shape index (κ1) is 22.3. The molecule has 0 unspecified atom stereocenters. The lowest BCUT2D eigenvalue weighted by Gasteiger charge is -2.45. The Kier molecular flexibility index (Phi) is 5.81. The summed E-state index contributed by atoms with van der Waals surface area (Å²) in [4.78, 5) is 34.5. The van der Waals surface area contributed by atoms with Gasteiger partial charge in [0.2, 0.25) is 0 Å². The lowest BCUT2D eigenvalue weighted by Crippen LogP contribution is -2.43. The third kappa shape index (κ3) is 4.87. The van der Waals surface area contributed by atoms with E-state index in [4.69, 9.17) is 18.9 Å². The van der Waals surface area contributed by atoms with Crippen molar-refractivity contribution in [1.29, 1.82) is 0 Å². The molecule has 0 fully saturated rings. The van der Waals surface area contributed by atoms with Crippen LogP contribution in [0.5, 0.6) is 23.0 Å². The summed E-state index contributed by atoms with van der Waals surface area (Å²) >= 11 is 0. The molecule has 1 heterocycles. The van der Waals surface area contributed by atoms with E-state index < -0.39 is 28.9 Å². The molecule has 2 aromatic carbocycles. The van der Waals surface area contributed by atoms with Crippen molar-refractivity contribution in [2.24, 2.45) is 0 Å². The van der Waals surface area contributed by atoms with E-state index in [1.54, 1.807) is 30.3 Å². The molecule has 7 nitrogen and oxygen atoms in total. The van der Waals surface area contributed by atoms with E-state index in [-0.39, 0.29) is 5.75 Å². The minimum atomic E-state index is -0.606. The van der Waals surface area contributed by atoms with Gasteiger partial charge in [-0.1, -0.05) is 19.1 Å². The molecule has 1 aliphatic rings. The molecule has 0 bridgehead atoms. The number of fused-ring (bicyclic) bond motifs is 1. The highest BCUT2D eigenvalue weighted by molar-refractivity contribution is 5.73. The van der Waals surface area contributed by atoms with Crippen LogP contribution in [0, 0.1) is 0 Å². The van der Waals surface area contributed by atoms with Gasteiger partial charge in [-0.15, -0.1) is 0 Å².